The van der Waals surface area contributed by atoms with Gasteiger partial charge in [-0.2, -0.15) is 0 Å². The number of hydrogen-bond acceptors (Lipinski definition) is 5. The Balaban J connectivity index is 1.79. The lowest BCUT2D eigenvalue weighted by Gasteiger charge is -2.12. The molecule has 1 heterocycles. The number of aromatic nitrogens is 1. The Labute approximate surface area is 150 Å². The molecule has 132 valence electrons. The van der Waals surface area contributed by atoms with Gasteiger partial charge in [-0.05, 0) is 50.2 Å². The number of para-hydroxylation sites is 1. The van der Waals surface area contributed by atoms with Crippen molar-refractivity contribution in [2.45, 2.75) is 20.0 Å². The molecule has 0 aliphatic rings. The van der Waals surface area contributed by atoms with Crippen molar-refractivity contribution in [3.63, 3.8) is 0 Å². The van der Waals surface area contributed by atoms with E-state index in [0.717, 1.165) is 16.6 Å². The van der Waals surface area contributed by atoms with Gasteiger partial charge in [-0.25, -0.2) is 4.79 Å². The van der Waals surface area contributed by atoms with Crippen LogP contribution in [0.2, 0.25) is 0 Å². The lowest BCUT2D eigenvalue weighted by molar-refractivity contribution is -0.123. The normalized spacial score (nSPS) is 11.8. The number of nitrogens with zero attached hydrogens (tertiary/aromatic N) is 1. The minimum Gasteiger partial charge on any atom is -0.481 e. The maximum atomic E-state index is 12.6. The van der Waals surface area contributed by atoms with E-state index in [1.165, 1.54) is 0 Å². The molecular weight excluding hydrogens is 332 g/mol. The zero-order chi connectivity index (χ0) is 18.7. The number of nitrogens with two attached hydrogens (primary N) is 1. The van der Waals surface area contributed by atoms with E-state index in [1.54, 1.807) is 37.3 Å². The molecule has 1 atom stereocenters. The third-order valence-electron chi connectivity index (χ3n) is 3.81. The van der Waals surface area contributed by atoms with E-state index in [1.807, 2.05) is 31.2 Å². The lowest BCUT2D eigenvalue weighted by Crippen LogP contribution is -2.30. The predicted octanol–water partition coefficient (Wildman–Crippen LogP) is 3.02. The van der Waals surface area contributed by atoms with E-state index in [2.05, 4.69) is 4.98 Å². The number of ether oxygens (including phenoxy) is 2. The number of primary amides is 1. The van der Waals surface area contributed by atoms with Gasteiger partial charge in [0.25, 0.3) is 5.91 Å². The summed E-state index contributed by atoms with van der Waals surface area (Å²) >= 11 is 0. The maximum Gasteiger partial charge on any atom is 0.344 e. The summed E-state index contributed by atoms with van der Waals surface area (Å²) in [5.74, 6) is -0.194. The number of carbonyl (C=O) groups excluding carboxylic acids is 2. The Bertz CT molecular complexity index is 967. The van der Waals surface area contributed by atoms with Crippen LogP contribution in [-0.4, -0.2) is 23.0 Å². The quantitative estimate of drug-likeness (QED) is 0.564. The molecule has 3 aromatic rings. The van der Waals surface area contributed by atoms with Crippen molar-refractivity contribution >= 4 is 22.8 Å². The van der Waals surface area contributed by atoms with Crippen LogP contribution in [0.3, 0.4) is 0 Å². The molecule has 0 saturated heterocycles. The number of rotatable bonds is 5. The van der Waals surface area contributed by atoms with Gasteiger partial charge >= 0.3 is 5.97 Å². The van der Waals surface area contributed by atoms with Crippen molar-refractivity contribution in [2.75, 3.05) is 0 Å². The molecule has 6 nitrogen and oxygen atoms in total. The summed E-state index contributed by atoms with van der Waals surface area (Å²) in [6.45, 7) is 3.39. The highest BCUT2D eigenvalue weighted by molar-refractivity contribution is 6.04. The minimum atomic E-state index is -0.741. The van der Waals surface area contributed by atoms with Crippen molar-refractivity contribution in [1.29, 1.82) is 0 Å². The van der Waals surface area contributed by atoms with Crippen molar-refractivity contribution in [3.05, 3.63) is 65.9 Å². The summed E-state index contributed by atoms with van der Waals surface area (Å²) in [7, 11) is 0. The first-order valence-electron chi connectivity index (χ1n) is 8.08. The van der Waals surface area contributed by atoms with Crippen molar-refractivity contribution in [1.82, 2.24) is 4.98 Å². The van der Waals surface area contributed by atoms with Gasteiger partial charge in [-0.3, -0.25) is 9.78 Å². The molecule has 0 bridgehead atoms. The maximum absolute atomic E-state index is 12.6. The smallest absolute Gasteiger partial charge is 0.344 e. The predicted molar refractivity (Wildman–Crippen MR) is 97.2 cm³/mol. The molecule has 1 aromatic heterocycles. The highest BCUT2D eigenvalue weighted by Crippen LogP contribution is 2.22. The fourth-order valence-electron chi connectivity index (χ4n) is 2.49. The third kappa shape index (κ3) is 3.80. The first-order chi connectivity index (χ1) is 12.4. The van der Waals surface area contributed by atoms with E-state index in [-0.39, 0.29) is 0 Å². The van der Waals surface area contributed by atoms with E-state index in [4.69, 9.17) is 15.2 Å². The second-order valence-electron chi connectivity index (χ2n) is 5.85. The van der Waals surface area contributed by atoms with Crippen LogP contribution in [0, 0.1) is 6.92 Å². The monoisotopic (exact) mass is 350 g/mol. The van der Waals surface area contributed by atoms with Gasteiger partial charge in [0.2, 0.25) is 0 Å². The van der Waals surface area contributed by atoms with E-state index in [9.17, 15) is 9.59 Å². The summed E-state index contributed by atoms with van der Waals surface area (Å²) in [5.41, 5.74) is 7.09. The zero-order valence-corrected chi connectivity index (χ0v) is 14.4. The molecule has 2 N–H and O–H groups in total. The largest absolute Gasteiger partial charge is 0.481 e. The van der Waals surface area contributed by atoms with Crippen LogP contribution in [0.4, 0.5) is 0 Å². The average Bonchev–Trinajstić information content (AvgIpc) is 2.62. The van der Waals surface area contributed by atoms with Crippen molar-refractivity contribution in [2.24, 2.45) is 5.73 Å². The number of fused-ring (bicyclic) bond motifs is 1. The Morgan fingerprint density at radius 2 is 1.69 bits per heavy atom. The molecule has 0 saturated carbocycles. The Morgan fingerprint density at radius 3 is 2.38 bits per heavy atom. The number of carbonyl (C=O) groups is 2. The van der Waals surface area contributed by atoms with Gasteiger partial charge in [0.05, 0.1) is 11.1 Å². The van der Waals surface area contributed by atoms with Gasteiger partial charge in [0, 0.05) is 11.1 Å². The van der Waals surface area contributed by atoms with Crippen molar-refractivity contribution < 1.29 is 19.1 Å². The van der Waals surface area contributed by atoms with Crippen LogP contribution in [0.25, 0.3) is 10.9 Å². The number of pyridine rings is 1. The fraction of sp³-hybridized carbons (Fsp3) is 0.150. The van der Waals surface area contributed by atoms with Gasteiger partial charge in [0.1, 0.15) is 11.5 Å². The summed E-state index contributed by atoms with van der Waals surface area (Å²) in [4.78, 5) is 28.0. The SMILES string of the molecule is Cc1cc(C(=O)Oc2ccc(O[C@H](C)C(N)=O)cc2)c2ccccc2n1. The highest BCUT2D eigenvalue weighted by atomic mass is 16.5. The molecule has 1 amide bonds. The molecule has 0 fully saturated rings. The van der Waals surface area contributed by atoms with Gasteiger partial charge < -0.3 is 15.2 Å². The summed E-state index contributed by atoms with van der Waals surface area (Å²) in [6.07, 6.45) is -0.741. The van der Waals surface area contributed by atoms with Crippen molar-refractivity contribution in [3.8, 4) is 11.5 Å². The Hall–Kier alpha value is -3.41. The summed E-state index contributed by atoms with van der Waals surface area (Å²) in [6, 6.07) is 15.5. The topological polar surface area (TPSA) is 91.5 Å². The summed E-state index contributed by atoms with van der Waals surface area (Å²) in [5, 5.41) is 0.735. The molecule has 0 unspecified atom stereocenters. The third-order valence-corrected chi connectivity index (χ3v) is 3.81. The number of hydrogen-bond donors (Lipinski definition) is 1. The molecule has 0 radical (unpaired) electrons. The molecule has 26 heavy (non-hydrogen) atoms. The Kier molecular flexibility index (Phi) is 4.84. The molecule has 0 aliphatic heterocycles. The molecule has 3 rings (SSSR count). The number of benzene rings is 2. The molecular formula is C20H18N2O4. The second kappa shape index (κ2) is 7.23. The first kappa shape index (κ1) is 17.4. The number of amides is 1. The second-order valence-corrected chi connectivity index (χ2v) is 5.85. The van der Waals surface area contributed by atoms with Gasteiger partial charge in [-0.15, -0.1) is 0 Å². The zero-order valence-electron chi connectivity index (χ0n) is 14.4. The van der Waals surface area contributed by atoms with Gasteiger partial charge in [0.15, 0.2) is 6.10 Å². The van der Waals surface area contributed by atoms with Crippen LogP contribution in [-0.2, 0) is 4.79 Å². The minimum absolute atomic E-state index is 0.368. The average molecular weight is 350 g/mol. The van der Waals surface area contributed by atoms with Crippen LogP contribution < -0.4 is 15.2 Å². The Morgan fingerprint density at radius 1 is 1.04 bits per heavy atom. The van der Waals surface area contributed by atoms with E-state index < -0.39 is 18.0 Å². The first-order valence-corrected chi connectivity index (χ1v) is 8.08. The van der Waals surface area contributed by atoms with E-state index >= 15 is 0 Å². The standard InChI is InChI=1S/C20H18N2O4/c1-12-11-17(16-5-3-4-6-18(16)22-12)20(24)26-15-9-7-14(8-10-15)25-13(2)19(21)23/h3-11,13H,1-2H3,(H2,21,23)/t13-/m1/s1. The van der Waals surface area contributed by atoms with Crippen LogP contribution in [0.1, 0.15) is 23.0 Å². The summed E-state index contributed by atoms with van der Waals surface area (Å²) < 4.78 is 10.8. The van der Waals surface area contributed by atoms with Gasteiger partial charge in [-0.1, -0.05) is 18.2 Å². The highest BCUT2D eigenvalue weighted by Gasteiger charge is 2.15. The fourth-order valence-corrected chi connectivity index (χ4v) is 2.49. The van der Waals surface area contributed by atoms with Crippen LogP contribution in [0.5, 0.6) is 11.5 Å². The van der Waals surface area contributed by atoms with Crippen LogP contribution in [0.15, 0.2) is 54.6 Å². The number of esters is 1. The van der Waals surface area contributed by atoms with Crippen LogP contribution >= 0.6 is 0 Å². The van der Waals surface area contributed by atoms with E-state index in [0.29, 0.717) is 17.1 Å². The molecule has 6 heteroatoms. The lowest BCUT2D eigenvalue weighted by atomic mass is 10.1. The molecule has 0 spiro atoms. The molecule has 2 aromatic carbocycles. The number of aryl methyl sites for hydroxylation is 1. The molecule has 0 aliphatic carbocycles.